The Kier molecular flexibility index (Phi) is 5.43. The molecule has 0 saturated carbocycles. The maximum absolute atomic E-state index is 12.6. The van der Waals surface area contributed by atoms with E-state index < -0.39 is 12.6 Å². The number of anilines is 2. The van der Waals surface area contributed by atoms with Crippen molar-refractivity contribution in [3.05, 3.63) is 84.7 Å². The van der Waals surface area contributed by atoms with Gasteiger partial charge in [0.05, 0.1) is 17.2 Å². The minimum absolute atomic E-state index is 0.203. The molecule has 1 heterocycles. The smallest absolute Gasteiger partial charge is 0.275 e. The van der Waals surface area contributed by atoms with Gasteiger partial charge in [0, 0.05) is 16.9 Å². The predicted molar refractivity (Wildman–Crippen MR) is 114 cm³/mol. The van der Waals surface area contributed by atoms with Crippen molar-refractivity contribution in [3.8, 4) is 11.1 Å². The Balaban J connectivity index is 1.59. The summed E-state index contributed by atoms with van der Waals surface area (Å²) in [5, 5.41) is 5.36. The molecular weight excluding hydrogens is 383 g/mol. The fourth-order valence-electron chi connectivity index (χ4n) is 3.05. The monoisotopic (exact) mass is 400 g/mol. The maximum Gasteiger partial charge on any atom is 0.275 e. The van der Waals surface area contributed by atoms with Crippen LogP contribution in [0.4, 0.5) is 15.8 Å². The van der Waals surface area contributed by atoms with Crippen LogP contribution in [0.5, 0.6) is 0 Å². The van der Waals surface area contributed by atoms with E-state index in [-0.39, 0.29) is 11.6 Å². The molecule has 1 aromatic heterocycles. The zero-order chi connectivity index (χ0) is 20.9. The van der Waals surface area contributed by atoms with Crippen molar-refractivity contribution >= 4 is 34.2 Å². The predicted octanol–water partition coefficient (Wildman–Crippen LogP) is 4.46. The van der Waals surface area contributed by atoms with Gasteiger partial charge in [0.15, 0.2) is 6.67 Å². The summed E-state index contributed by atoms with van der Waals surface area (Å²) >= 11 is 0. The molecule has 4 rings (SSSR count). The Morgan fingerprint density at radius 1 is 0.867 bits per heavy atom. The summed E-state index contributed by atoms with van der Waals surface area (Å²) in [4.78, 5) is 32.7. The number of hydrogen-bond donors (Lipinski definition) is 2. The molecular formula is C23H17FN4O2. The van der Waals surface area contributed by atoms with Gasteiger partial charge in [-0.3, -0.25) is 14.6 Å². The molecule has 0 unspecified atom stereocenters. The number of carbonyl (C=O) groups excluding carboxylic acids is 2. The summed E-state index contributed by atoms with van der Waals surface area (Å²) in [6.45, 7) is -1.10. The number of carbonyl (C=O) groups is 2. The number of aromatic nitrogens is 2. The van der Waals surface area contributed by atoms with Gasteiger partial charge in [0.2, 0.25) is 0 Å². The van der Waals surface area contributed by atoms with Gasteiger partial charge in [-0.1, -0.05) is 42.5 Å². The molecule has 0 aliphatic heterocycles. The summed E-state index contributed by atoms with van der Waals surface area (Å²) in [6.07, 6.45) is 1.43. The van der Waals surface area contributed by atoms with Crippen LogP contribution in [0.2, 0.25) is 0 Å². The first-order valence-corrected chi connectivity index (χ1v) is 9.22. The zero-order valence-electron chi connectivity index (χ0n) is 15.8. The summed E-state index contributed by atoms with van der Waals surface area (Å²) in [7, 11) is 0. The molecule has 0 bridgehead atoms. The molecule has 7 heteroatoms. The standard InChI is InChI=1S/C23H17FN4O2/c24-13-22(29)28-18-9-2-1-8-17(18)15-6-5-7-16(12-15)26-23(30)21-14-25-19-10-3-4-11-20(19)27-21/h1-12,14H,13H2,(H,26,30)(H,28,29). The van der Waals surface area contributed by atoms with Gasteiger partial charge in [0.25, 0.3) is 11.8 Å². The molecule has 0 saturated heterocycles. The van der Waals surface area contributed by atoms with E-state index in [4.69, 9.17) is 0 Å². The number of nitrogens with zero attached hydrogens (tertiary/aromatic N) is 2. The third-order valence-electron chi connectivity index (χ3n) is 4.44. The Labute approximate surface area is 171 Å². The molecule has 6 nitrogen and oxygen atoms in total. The van der Waals surface area contributed by atoms with Crippen LogP contribution in [0.25, 0.3) is 22.2 Å². The van der Waals surface area contributed by atoms with Crippen molar-refractivity contribution in [3.63, 3.8) is 0 Å². The van der Waals surface area contributed by atoms with E-state index in [1.807, 2.05) is 36.4 Å². The lowest BCUT2D eigenvalue weighted by Gasteiger charge is -2.12. The van der Waals surface area contributed by atoms with Crippen molar-refractivity contribution in [2.45, 2.75) is 0 Å². The fourth-order valence-corrected chi connectivity index (χ4v) is 3.05. The Morgan fingerprint density at radius 3 is 2.47 bits per heavy atom. The molecule has 0 aliphatic rings. The first-order valence-electron chi connectivity index (χ1n) is 9.22. The van der Waals surface area contributed by atoms with Gasteiger partial charge in [-0.15, -0.1) is 0 Å². The molecule has 2 N–H and O–H groups in total. The highest BCUT2D eigenvalue weighted by molar-refractivity contribution is 6.04. The second kappa shape index (κ2) is 8.48. The number of hydrogen-bond acceptors (Lipinski definition) is 4. The number of fused-ring (bicyclic) bond motifs is 1. The number of benzene rings is 3. The summed E-state index contributed by atoms with van der Waals surface area (Å²) in [5.74, 6) is -1.11. The minimum atomic E-state index is -1.10. The highest BCUT2D eigenvalue weighted by Gasteiger charge is 2.12. The highest BCUT2D eigenvalue weighted by atomic mass is 19.1. The number of halogens is 1. The van der Waals surface area contributed by atoms with Crippen LogP contribution in [-0.4, -0.2) is 28.5 Å². The lowest BCUT2D eigenvalue weighted by Crippen LogP contribution is -2.14. The summed E-state index contributed by atoms with van der Waals surface area (Å²) < 4.78 is 12.6. The Hall–Kier alpha value is -4.13. The fraction of sp³-hybridized carbons (Fsp3) is 0.0435. The van der Waals surface area contributed by atoms with Crippen LogP contribution in [-0.2, 0) is 4.79 Å². The van der Waals surface area contributed by atoms with Gasteiger partial charge in [-0.25, -0.2) is 9.37 Å². The lowest BCUT2D eigenvalue weighted by atomic mass is 10.0. The van der Waals surface area contributed by atoms with Crippen molar-refractivity contribution in [1.29, 1.82) is 0 Å². The lowest BCUT2D eigenvalue weighted by molar-refractivity contribution is -0.117. The molecule has 0 radical (unpaired) electrons. The van der Waals surface area contributed by atoms with Crippen LogP contribution in [0, 0.1) is 0 Å². The Morgan fingerprint density at radius 2 is 1.63 bits per heavy atom. The molecule has 4 aromatic rings. The molecule has 30 heavy (non-hydrogen) atoms. The topological polar surface area (TPSA) is 84.0 Å². The summed E-state index contributed by atoms with van der Waals surface area (Å²) in [6, 6.07) is 21.5. The first-order chi connectivity index (χ1) is 14.6. The van der Waals surface area contributed by atoms with E-state index in [9.17, 15) is 14.0 Å². The Bertz CT molecular complexity index is 1240. The molecule has 0 atom stereocenters. The zero-order valence-corrected chi connectivity index (χ0v) is 15.8. The van der Waals surface area contributed by atoms with Crippen LogP contribution >= 0.6 is 0 Å². The number of nitrogens with one attached hydrogen (secondary N) is 2. The molecule has 0 fully saturated rings. The van der Waals surface area contributed by atoms with E-state index in [1.54, 1.807) is 36.4 Å². The van der Waals surface area contributed by atoms with Gasteiger partial charge in [-0.2, -0.15) is 0 Å². The van der Waals surface area contributed by atoms with Crippen LogP contribution in [0.15, 0.2) is 79.0 Å². The first kappa shape index (κ1) is 19.2. The van der Waals surface area contributed by atoms with Crippen molar-refractivity contribution in [2.24, 2.45) is 0 Å². The minimum Gasteiger partial charge on any atom is -0.323 e. The molecule has 0 spiro atoms. The van der Waals surface area contributed by atoms with Crippen LogP contribution in [0.3, 0.4) is 0 Å². The van der Waals surface area contributed by atoms with Crippen LogP contribution < -0.4 is 10.6 Å². The average molecular weight is 400 g/mol. The number of rotatable bonds is 5. The third-order valence-corrected chi connectivity index (χ3v) is 4.44. The maximum atomic E-state index is 12.6. The van der Waals surface area contributed by atoms with E-state index >= 15 is 0 Å². The molecule has 3 aromatic carbocycles. The number of alkyl halides is 1. The quantitative estimate of drug-likeness (QED) is 0.518. The number of amides is 2. The SMILES string of the molecule is O=C(CF)Nc1ccccc1-c1cccc(NC(=O)c2cnc3ccccc3n2)c1. The van der Waals surface area contributed by atoms with Crippen molar-refractivity contribution in [1.82, 2.24) is 9.97 Å². The summed E-state index contributed by atoms with van der Waals surface area (Å²) in [5.41, 5.74) is 4.06. The second-order valence-corrected chi connectivity index (χ2v) is 6.51. The van der Waals surface area contributed by atoms with E-state index in [2.05, 4.69) is 20.6 Å². The second-order valence-electron chi connectivity index (χ2n) is 6.51. The van der Waals surface area contributed by atoms with Gasteiger partial charge < -0.3 is 10.6 Å². The van der Waals surface area contributed by atoms with Crippen molar-refractivity contribution < 1.29 is 14.0 Å². The van der Waals surface area contributed by atoms with Gasteiger partial charge in [-0.05, 0) is 35.9 Å². The molecule has 148 valence electrons. The number of para-hydroxylation sites is 3. The molecule has 0 aliphatic carbocycles. The largest absolute Gasteiger partial charge is 0.323 e. The van der Waals surface area contributed by atoms with E-state index in [1.165, 1.54) is 6.20 Å². The van der Waals surface area contributed by atoms with Gasteiger partial charge in [0.1, 0.15) is 5.69 Å². The molecule has 2 amide bonds. The highest BCUT2D eigenvalue weighted by Crippen LogP contribution is 2.29. The van der Waals surface area contributed by atoms with E-state index in [0.717, 1.165) is 5.56 Å². The normalized spacial score (nSPS) is 10.6. The van der Waals surface area contributed by atoms with Crippen molar-refractivity contribution in [2.75, 3.05) is 17.3 Å². The average Bonchev–Trinajstić information content (AvgIpc) is 2.79. The van der Waals surface area contributed by atoms with Crippen LogP contribution in [0.1, 0.15) is 10.5 Å². The van der Waals surface area contributed by atoms with E-state index in [0.29, 0.717) is 28.0 Å². The third kappa shape index (κ3) is 4.15. The van der Waals surface area contributed by atoms with Gasteiger partial charge >= 0.3 is 0 Å².